The average Bonchev–Trinajstić information content (AvgIpc) is 3.37. The van der Waals surface area contributed by atoms with Gasteiger partial charge in [0.25, 0.3) is 5.91 Å². The molecule has 2 aliphatic rings. The number of halogens is 1. The number of morpholine rings is 1. The summed E-state index contributed by atoms with van der Waals surface area (Å²) in [6.07, 6.45) is 3.75. The van der Waals surface area contributed by atoms with Gasteiger partial charge in [0.1, 0.15) is 0 Å². The fourth-order valence-corrected chi connectivity index (χ4v) is 4.72. The normalized spacial score (nSPS) is 18.5. The minimum atomic E-state index is -0.259. The molecule has 164 valence electrons. The van der Waals surface area contributed by atoms with Gasteiger partial charge in [0.05, 0.1) is 46.2 Å². The summed E-state index contributed by atoms with van der Waals surface area (Å²) in [5, 5.41) is 4.23. The number of ether oxygens (including phenoxy) is 1. The van der Waals surface area contributed by atoms with Crippen molar-refractivity contribution in [3.63, 3.8) is 0 Å². The van der Waals surface area contributed by atoms with E-state index in [0.717, 1.165) is 61.7 Å². The summed E-state index contributed by atoms with van der Waals surface area (Å²) in [5.74, 6) is -0.259. The fraction of sp³-hybridized carbons (Fsp3) is 0.261. The summed E-state index contributed by atoms with van der Waals surface area (Å²) in [4.78, 5) is 24.1. The summed E-state index contributed by atoms with van der Waals surface area (Å²) in [6, 6.07) is 13.4. The molecule has 1 aromatic heterocycles. The molecule has 32 heavy (non-hydrogen) atoms. The number of fused-ring (bicyclic) bond motifs is 1. The number of para-hydroxylation sites is 1. The number of amides is 1. The highest BCUT2D eigenvalue weighted by Gasteiger charge is 2.22. The molecular formula is C23H22ClN5O2S. The van der Waals surface area contributed by atoms with Crippen LogP contribution in [-0.4, -0.2) is 58.4 Å². The van der Waals surface area contributed by atoms with E-state index in [9.17, 15) is 4.79 Å². The van der Waals surface area contributed by atoms with Crippen molar-refractivity contribution in [2.45, 2.75) is 6.54 Å². The molecule has 1 amide bonds. The van der Waals surface area contributed by atoms with Gasteiger partial charge in [0.15, 0.2) is 5.17 Å². The molecule has 0 bridgehead atoms. The maximum Gasteiger partial charge on any atom is 0.286 e. The Morgan fingerprint density at radius 1 is 1.16 bits per heavy atom. The van der Waals surface area contributed by atoms with Gasteiger partial charge in [-0.2, -0.15) is 4.99 Å². The number of anilines is 1. The maximum absolute atomic E-state index is 12.4. The lowest BCUT2D eigenvalue weighted by atomic mass is 10.2. The molecule has 0 unspecified atom stereocenters. The summed E-state index contributed by atoms with van der Waals surface area (Å²) < 4.78 is 7.59. The van der Waals surface area contributed by atoms with Crippen LogP contribution in [0, 0.1) is 0 Å². The summed E-state index contributed by atoms with van der Waals surface area (Å²) >= 11 is 7.50. The molecule has 0 atom stereocenters. The molecule has 1 N–H and O–H groups in total. The Kier molecular flexibility index (Phi) is 6.27. The predicted octanol–water partition coefficient (Wildman–Crippen LogP) is 4.10. The zero-order valence-electron chi connectivity index (χ0n) is 17.3. The van der Waals surface area contributed by atoms with E-state index < -0.39 is 0 Å². The van der Waals surface area contributed by atoms with Crippen LogP contribution in [0.15, 0.2) is 58.7 Å². The van der Waals surface area contributed by atoms with Crippen molar-refractivity contribution in [2.75, 3.05) is 38.2 Å². The van der Waals surface area contributed by atoms with E-state index in [0.29, 0.717) is 15.1 Å². The number of benzene rings is 2. The minimum Gasteiger partial charge on any atom is -0.379 e. The molecule has 1 fully saturated rings. The van der Waals surface area contributed by atoms with Crippen LogP contribution in [0.1, 0.15) is 5.56 Å². The number of aromatic nitrogens is 2. The number of rotatable bonds is 5. The van der Waals surface area contributed by atoms with Gasteiger partial charge >= 0.3 is 0 Å². The molecule has 2 aromatic carbocycles. The highest BCUT2D eigenvalue weighted by atomic mass is 35.5. The average molecular weight is 468 g/mol. The Balaban J connectivity index is 1.30. The van der Waals surface area contributed by atoms with Crippen molar-refractivity contribution < 1.29 is 9.53 Å². The SMILES string of the molecule is O=C1N=C(Nc2ccccc2Cl)S/C1=C\c1ccc2ncn(CCN3CCOCC3)c2c1. The number of nitrogens with one attached hydrogen (secondary N) is 1. The van der Waals surface area contributed by atoms with Crippen molar-refractivity contribution in [3.8, 4) is 0 Å². The summed E-state index contributed by atoms with van der Waals surface area (Å²) in [7, 11) is 0. The van der Waals surface area contributed by atoms with E-state index in [4.69, 9.17) is 16.3 Å². The Morgan fingerprint density at radius 3 is 2.84 bits per heavy atom. The largest absolute Gasteiger partial charge is 0.379 e. The van der Waals surface area contributed by atoms with Crippen LogP contribution in [0.4, 0.5) is 5.69 Å². The van der Waals surface area contributed by atoms with E-state index in [2.05, 4.69) is 30.8 Å². The van der Waals surface area contributed by atoms with Crippen LogP contribution in [0.2, 0.25) is 5.02 Å². The predicted molar refractivity (Wildman–Crippen MR) is 130 cm³/mol. The van der Waals surface area contributed by atoms with Gasteiger partial charge in [-0.3, -0.25) is 9.69 Å². The Hall–Kier alpha value is -2.65. The lowest BCUT2D eigenvalue weighted by Crippen LogP contribution is -2.38. The molecule has 0 spiro atoms. The van der Waals surface area contributed by atoms with Gasteiger partial charge in [-0.25, -0.2) is 4.98 Å². The first-order chi connectivity index (χ1) is 15.7. The second-order valence-electron chi connectivity index (χ2n) is 7.58. The smallest absolute Gasteiger partial charge is 0.286 e. The molecule has 3 aromatic rings. The number of thioether (sulfide) groups is 1. The van der Waals surface area contributed by atoms with Crippen LogP contribution < -0.4 is 5.32 Å². The van der Waals surface area contributed by atoms with Gasteiger partial charge < -0.3 is 14.6 Å². The minimum absolute atomic E-state index is 0.259. The van der Waals surface area contributed by atoms with Gasteiger partial charge in [0.2, 0.25) is 0 Å². The number of hydrogen-bond donors (Lipinski definition) is 1. The summed E-state index contributed by atoms with van der Waals surface area (Å²) in [6.45, 7) is 5.34. The molecule has 1 saturated heterocycles. The topological polar surface area (TPSA) is 71.8 Å². The monoisotopic (exact) mass is 467 g/mol. The Morgan fingerprint density at radius 2 is 2.00 bits per heavy atom. The number of carbonyl (C=O) groups excluding carboxylic acids is 1. The van der Waals surface area contributed by atoms with Gasteiger partial charge in [0, 0.05) is 26.2 Å². The van der Waals surface area contributed by atoms with Gasteiger partial charge in [-0.1, -0.05) is 29.8 Å². The highest BCUT2D eigenvalue weighted by molar-refractivity contribution is 8.18. The lowest BCUT2D eigenvalue weighted by molar-refractivity contribution is -0.113. The maximum atomic E-state index is 12.4. The first kappa shape index (κ1) is 21.2. The second-order valence-corrected chi connectivity index (χ2v) is 9.02. The van der Waals surface area contributed by atoms with Crippen molar-refractivity contribution >= 4 is 57.2 Å². The van der Waals surface area contributed by atoms with Crippen molar-refractivity contribution in [3.05, 3.63) is 64.3 Å². The second kappa shape index (κ2) is 9.46. The third-order valence-corrected chi connectivity index (χ3v) is 6.67. The molecule has 5 rings (SSSR count). The van der Waals surface area contributed by atoms with Crippen molar-refractivity contribution in [1.82, 2.24) is 14.5 Å². The van der Waals surface area contributed by atoms with Crippen LogP contribution in [0.5, 0.6) is 0 Å². The highest BCUT2D eigenvalue weighted by Crippen LogP contribution is 2.31. The molecule has 2 aliphatic heterocycles. The van der Waals surface area contributed by atoms with Crippen LogP contribution in [0.3, 0.4) is 0 Å². The van der Waals surface area contributed by atoms with E-state index >= 15 is 0 Å². The molecule has 0 aliphatic carbocycles. The van der Waals surface area contributed by atoms with Gasteiger partial charge in [-0.05, 0) is 47.7 Å². The quantitative estimate of drug-likeness (QED) is 0.569. The fourth-order valence-electron chi connectivity index (χ4n) is 3.71. The van der Waals surface area contributed by atoms with E-state index in [1.165, 1.54) is 11.8 Å². The molecule has 0 saturated carbocycles. The Labute approximate surface area is 195 Å². The third-order valence-electron chi connectivity index (χ3n) is 5.44. The van der Waals surface area contributed by atoms with Crippen molar-refractivity contribution in [2.24, 2.45) is 4.99 Å². The van der Waals surface area contributed by atoms with E-state index in [-0.39, 0.29) is 5.91 Å². The number of carbonyl (C=O) groups is 1. The zero-order valence-corrected chi connectivity index (χ0v) is 18.9. The number of nitrogens with zero attached hydrogens (tertiary/aromatic N) is 4. The van der Waals surface area contributed by atoms with Crippen molar-refractivity contribution in [1.29, 1.82) is 0 Å². The molecular weight excluding hydrogens is 446 g/mol. The Bertz CT molecular complexity index is 1220. The summed E-state index contributed by atoms with van der Waals surface area (Å²) in [5.41, 5.74) is 3.66. The molecule has 7 nitrogen and oxygen atoms in total. The van der Waals surface area contributed by atoms with Crippen LogP contribution >= 0.6 is 23.4 Å². The number of hydrogen-bond acceptors (Lipinski definition) is 6. The number of aliphatic imine (C=N–C) groups is 1. The van der Waals surface area contributed by atoms with Gasteiger partial charge in [-0.15, -0.1) is 0 Å². The molecule has 0 radical (unpaired) electrons. The van der Waals surface area contributed by atoms with Crippen LogP contribution in [0.25, 0.3) is 17.1 Å². The molecule has 9 heteroatoms. The van der Waals surface area contributed by atoms with Crippen LogP contribution in [-0.2, 0) is 16.1 Å². The van der Waals surface area contributed by atoms with E-state index in [1.807, 2.05) is 42.7 Å². The lowest BCUT2D eigenvalue weighted by Gasteiger charge is -2.26. The number of amidine groups is 1. The first-order valence-corrected chi connectivity index (χ1v) is 11.6. The standard InChI is InChI=1S/C23H22ClN5O2S/c24-17-3-1-2-4-18(17)26-23-27-22(30)21(32-23)14-16-5-6-19-20(13-16)29(15-25-19)8-7-28-9-11-31-12-10-28/h1-6,13-15H,7-12H2,(H,26,27,30)/b21-14-. The number of imidazole rings is 1. The van der Waals surface area contributed by atoms with E-state index in [1.54, 1.807) is 6.07 Å². The third kappa shape index (κ3) is 4.73. The first-order valence-electron chi connectivity index (χ1n) is 10.4. The zero-order chi connectivity index (χ0) is 21.9. The molecule has 3 heterocycles.